The predicted octanol–water partition coefficient (Wildman–Crippen LogP) is 3.41. The van der Waals surface area contributed by atoms with Crippen LogP contribution in [0.4, 0.5) is 0 Å². The summed E-state index contributed by atoms with van der Waals surface area (Å²) in [5.74, 6) is 0. The number of fused-ring (bicyclic) bond motifs is 1. The summed E-state index contributed by atoms with van der Waals surface area (Å²) in [6, 6.07) is 5.93. The van der Waals surface area contributed by atoms with Crippen LogP contribution in [0, 0.1) is 0 Å². The Morgan fingerprint density at radius 1 is 1.00 bits per heavy atom. The lowest BCUT2D eigenvalue weighted by atomic mass is 9.77. The van der Waals surface area contributed by atoms with Crippen LogP contribution in [-0.2, 0) is 6.54 Å². The first-order chi connectivity index (χ1) is 12.0. The van der Waals surface area contributed by atoms with Crippen molar-refractivity contribution in [3.05, 3.63) is 30.0 Å². The molecule has 1 heterocycles. The van der Waals surface area contributed by atoms with E-state index in [-0.39, 0.29) is 0 Å². The number of hydrogen-bond donors (Lipinski definition) is 2. The summed E-state index contributed by atoms with van der Waals surface area (Å²) >= 11 is 0. The largest absolute Gasteiger partial charge is 0.489 e. The zero-order valence-electron chi connectivity index (χ0n) is 17.6. The van der Waals surface area contributed by atoms with Gasteiger partial charge in [-0.05, 0) is 47.8 Å². The van der Waals surface area contributed by atoms with Crippen molar-refractivity contribution in [1.82, 2.24) is 9.13 Å². The lowest BCUT2D eigenvalue weighted by Crippen LogP contribution is -2.51. The van der Waals surface area contributed by atoms with Gasteiger partial charge in [0.2, 0.25) is 0 Å². The van der Waals surface area contributed by atoms with Crippen LogP contribution >= 0.6 is 0 Å². The van der Waals surface area contributed by atoms with Crippen LogP contribution in [0.15, 0.2) is 24.4 Å². The average Bonchev–Trinajstić information content (AvgIpc) is 2.85. The fourth-order valence-corrected chi connectivity index (χ4v) is 11.9. The molecule has 1 aromatic carbocycles. The van der Waals surface area contributed by atoms with E-state index in [0.29, 0.717) is 22.1 Å². The minimum atomic E-state index is -1.92. The summed E-state index contributed by atoms with van der Waals surface area (Å²) in [4.78, 5) is 2.14. The van der Waals surface area contributed by atoms with Gasteiger partial charge < -0.3 is 19.2 Å². The molecule has 0 spiro atoms. The number of nitrogens with zero attached hydrogens (tertiary/aromatic N) is 2. The van der Waals surface area contributed by atoms with Gasteiger partial charge in [-0.25, -0.2) is 0 Å². The molecule has 0 atom stereocenters. The molecule has 0 radical (unpaired) electrons. The minimum absolute atomic E-state index is 0.577. The monoisotopic (exact) mass is 374 g/mol. The summed E-state index contributed by atoms with van der Waals surface area (Å²) in [5, 5.41) is 20.9. The van der Waals surface area contributed by atoms with Gasteiger partial charge >= 0.3 is 7.12 Å². The van der Waals surface area contributed by atoms with Crippen molar-refractivity contribution < 1.29 is 10.0 Å². The minimum Gasteiger partial charge on any atom is -0.423 e. The van der Waals surface area contributed by atoms with Crippen molar-refractivity contribution in [3.63, 3.8) is 0 Å². The van der Waals surface area contributed by atoms with E-state index < -0.39 is 15.4 Å². The first-order valence-electron chi connectivity index (χ1n) is 9.69. The fourth-order valence-electron chi connectivity index (χ4n) is 5.23. The Morgan fingerprint density at radius 3 is 1.96 bits per heavy atom. The highest BCUT2D eigenvalue weighted by atomic mass is 28.3. The molecule has 6 heteroatoms. The molecule has 0 aliphatic rings. The van der Waals surface area contributed by atoms with Crippen LogP contribution in [-0.4, -0.2) is 48.6 Å². The standard InChI is InChI=1S/C20H35BN2O2Si/c1-14(2)26(15(3)4,16(5)6)23-13-17(12-22(7)8)20-18(21(24)25)10-9-11-19(20)23/h9-11,13-16,24-25H,12H2,1-8H3. The van der Waals surface area contributed by atoms with E-state index in [4.69, 9.17) is 0 Å². The van der Waals surface area contributed by atoms with Gasteiger partial charge in [-0.3, -0.25) is 0 Å². The fraction of sp³-hybridized carbons (Fsp3) is 0.600. The third-order valence-electron chi connectivity index (χ3n) is 5.90. The predicted molar refractivity (Wildman–Crippen MR) is 116 cm³/mol. The van der Waals surface area contributed by atoms with Crippen LogP contribution in [0.2, 0.25) is 16.6 Å². The van der Waals surface area contributed by atoms with Gasteiger partial charge in [0.1, 0.15) is 0 Å². The highest BCUT2D eigenvalue weighted by Gasteiger charge is 2.46. The third-order valence-corrected chi connectivity index (χ3v) is 12.7. The van der Waals surface area contributed by atoms with Gasteiger partial charge in [0.25, 0.3) is 0 Å². The van der Waals surface area contributed by atoms with Crippen molar-refractivity contribution in [1.29, 1.82) is 0 Å². The summed E-state index contributed by atoms with van der Waals surface area (Å²) in [6.07, 6.45) is 2.31. The van der Waals surface area contributed by atoms with Crippen molar-refractivity contribution >= 4 is 31.7 Å². The molecule has 2 rings (SSSR count). The number of rotatable bonds is 7. The Morgan fingerprint density at radius 2 is 1.54 bits per heavy atom. The third kappa shape index (κ3) is 3.40. The highest BCUT2D eigenvalue weighted by Crippen LogP contribution is 2.44. The maximum atomic E-state index is 9.96. The first-order valence-corrected chi connectivity index (χ1v) is 11.9. The Bertz CT molecular complexity index is 732. The average molecular weight is 374 g/mol. The molecule has 0 unspecified atom stereocenters. The van der Waals surface area contributed by atoms with Gasteiger partial charge in [-0.1, -0.05) is 53.7 Å². The summed E-state index contributed by atoms with van der Waals surface area (Å²) in [5.41, 5.74) is 4.66. The lowest BCUT2D eigenvalue weighted by molar-refractivity contribution is 0.403. The van der Waals surface area contributed by atoms with E-state index in [1.807, 2.05) is 12.1 Å². The quantitative estimate of drug-likeness (QED) is 0.731. The normalized spacial score (nSPS) is 13.0. The van der Waals surface area contributed by atoms with Crippen LogP contribution in [0.1, 0.15) is 47.1 Å². The van der Waals surface area contributed by atoms with E-state index >= 15 is 0 Å². The summed E-state index contributed by atoms with van der Waals surface area (Å²) in [7, 11) is 0.733. The Kier molecular flexibility index (Phi) is 6.44. The van der Waals surface area contributed by atoms with Crippen LogP contribution in [0.25, 0.3) is 10.9 Å². The van der Waals surface area contributed by atoms with E-state index in [1.165, 1.54) is 5.56 Å². The molecule has 0 aliphatic heterocycles. The topological polar surface area (TPSA) is 48.6 Å². The van der Waals surface area contributed by atoms with Crippen LogP contribution in [0.3, 0.4) is 0 Å². The second-order valence-electron chi connectivity index (χ2n) is 8.73. The molecule has 2 aromatic rings. The molecule has 0 fully saturated rings. The van der Waals surface area contributed by atoms with Gasteiger partial charge in [-0.2, -0.15) is 0 Å². The molecule has 0 amide bonds. The molecule has 0 saturated heterocycles. The van der Waals surface area contributed by atoms with Crippen molar-refractivity contribution in [2.24, 2.45) is 0 Å². The maximum absolute atomic E-state index is 9.96. The van der Waals surface area contributed by atoms with Crippen molar-refractivity contribution in [2.45, 2.75) is 64.7 Å². The zero-order valence-corrected chi connectivity index (χ0v) is 18.6. The zero-order chi connectivity index (χ0) is 19.8. The van der Waals surface area contributed by atoms with Crippen LogP contribution in [0.5, 0.6) is 0 Å². The smallest absolute Gasteiger partial charge is 0.423 e. The van der Waals surface area contributed by atoms with Gasteiger partial charge in [-0.15, -0.1) is 0 Å². The summed E-state index contributed by atoms with van der Waals surface area (Å²) < 4.78 is 2.56. The number of hydrogen-bond acceptors (Lipinski definition) is 3. The number of aromatic nitrogens is 1. The van der Waals surface area contributed by atoms with Gasteiger partial charge in [0, 0.05) is 23.6 Å². The molecular weight excluding hydrogens is 339 g/mol. The highest BCUT2D eigenvalue weighted by molar-refractivity contribution is 6.82. The molecule has 0 saturated carbocycles. The second kappa shape index (κ2) is 7.89. The Labute approximate surface area is 160 Å². The van der Waals surface area contributed by atoms with E-state index in [9.17, 15) is 10.0 Å². The molecule has 0 aliphatic carbocycles. The Hall–Kier alpha value is -1.08. The van der Waals surface area contributed by atoms with Gasteiger partial charge in [0.15, 0.2) is 8.24 Å². The molecule has 26 heavy (non-hydrogen) atoms. The van der Waals surface area contributed by atoms with Crippen molar-refractivity contribution in [3.8, 4) is 0 Å². The first kappa shape index (κ1) is 21.2. The van der Waals surface area contributed by atoms with E-state index in [2.05, 4.69) is 77.0 Å². The molecule has 0 bridgehead atoms. The van der Waals surface area contributed by atoms with Crippen LogP contribution < -0.4 is 5.46 Å². The van der Waals surface area contributed by atoms with Crippen molar-refractivity contribution in [2.75, 3.05) is 14.1 Å². The molecule has 1 aromatic heterocycles. The molecule has 2 N–H and O–H groups in total. The van der Waals surface area contributed by atoms with Gasteiger partial charge in [0.05, 0.1) is 0 Å². The maximum Gasteiger partial charge on any atom is 0.489 e. The molecular formula is C20H35BN2O2Si. The second-order valence-corrected chi connectivity index (χ2v) is 14.4. The molecule has 4 nitrogen and oxygen atoms in total. The summed E-state index contributed by atoms with van der Waals surface area (Å²) in [6.45, 7) is 14.9. The lowest BCUT2D eigenvalue weighted by Gasteiger charge is -2.44. The van der Waals surface area contributed by atoms with E-state index in [1.54, 1.807) is 0 Å². The number of benzene rings is 1. The SMILES string of the molecule is CC(C)[Si](C(C)C)(C(C)C)n1cc(CN(C)C)c2c(B(O)O)cccc21. The Balaban J connectivity index is 2.93. The molecule has 144 valence electrons. The van der Waals surface area contributed by atoms with E-state index in [0.717, 1.165) is 17.4 Å².